The number of carbonyl (C=O) groups is 3. The van der Waals surface area contributed by atoms with Crippen molar-refractivity contribution in [3.63, 3.8) is 0 Å². The first-order valence-electron chi connectivity index (χ1n) is 10.0. The van der Waals surface area contributed by atoms with Gasteiger partial charge in [-0.1, -0.05) is 29.3 Å². The van der Waals surface area contributed by atoms with Crippen molar-refractivity contribution >= 4 is 39.2 Å². The van der Waals surface area contributed by atoms with Crippen molar-refractivity contribution in [1.29, 1.82) is 0 Å². The molecule has 2 aromatic carbocycles. The van der Waals surface area contributed by atoms with Crippen LogP contribution in [-0.4, -0.2) is 67.5 Å². The first-order valence-corrected chi connectivity index (χ1v) is 11.9. The Hall–Kier alpha value is -2.91. The van der Waals surface area contributed by atoms with Gasteiger partial charge < -0.3 is 15.1 Å². The van der Waals surface area contributed by atoms with Crippen LogP contribution in [0.3, 0.4) is 0 Å². The van der Waals surface area contributed by atoms with E-state index >= 15 is 0 Å². The quantitative estimate of drug-likeness (QED) is 0.708. The lowest BCUT2D eigenvalue weighted by atomic mass is 10.1. The summed E-state index contributed by atoms with van der Waals surface area (Å²) < 4.78 is 26.7. The molecule has 32 heavy (non-hydrogen) atoms. The number of hydrogen-bond acceptors (Lipinski definition) is 5. The lowest BCUT2D eigenvalue weighted by Crippen LogP contribution is -2.57. The Morgan fingerprint density at radius 2 is 1.44 bits per heavy atom. The molecule has 1 heterocycles. The molecule has 3 rings (SSSR count). The highest BCUT2D eigenvalue weighted by Crippen LogP contribution is 2.20. The largest absolute Gasteiger partial charge is 0.339 e. The fraction of sp³-hybridized carbons (Fsp3) is 0.318. The van der Waals surface area contributed by atoms with Crippen molar-refractivity contribution in [3.8, 4) is 0 Å². The maximum atomic E-state index is 13.4. The number of amides is 3. The Morgan fingerprint density at radius 1 is 0.906 bits per heavy atom. The third-order valence-corrected chi connectivity index (χ3v) is 7.41. The number of nitrogens with one attached hydrogen (secondary N) is 1. The molecular weight excluding hydrogens is 454 g/mol. The van der Waals surface area contributed by atoms with Gasteiger partial charge in [-0.3, -0.25) is 14.4 Å². The highest BCUT2D eigenvalue weighted by Gasteiger charge is 2.39. The van der Waals surface area contributed by atoms with E-state index < -0.39 is 27.0 Å². The van der Waals surface area contributed by atoms with Crippen LogP contribution in [0.25, 0.3) is 0 Å². The minimum Gasteiger partial charge on any atom is -0.339 e. The zero-order valence-corrected chi connectivity index (χ0v) is 19.3. The molecule has 10 heteroatoms. The smallest absolute Gasteiger partial charge is 0.261 e. The van der Waals surface area contributed by atoms with Crippen molar-refractivity contribution in [2.75, 3.05) is 26.2 Å². The summed E-state index contributed by atoms with van der Waals surface area (Å²) in [6.45, 7) is 4.23. The molecule has 0 bridgehead atoms. The first kappa shape index (κ1) is 23.7. The van der Waals surface area contributed by atoms with Gasteiger partial charge in [0, 0.05) is 43.7 Å². The van der Waals surface area contributed by atoms with Crippen molar-refractivity contribution in [2.45, 2.75) is 24.1 Å². The highest BCUT2D eigenvalue weighted by molar-refractivity contribution is 7.92. The molecule has 170 valence electrons. The number of carbonyl (C=O) groups excluding carboxylic acids is 3. The van der Waals surface area contributed by atoms with Crippen molar-refractivity contribution in [3.05, 3.63) is 64.7 Å². The molecule has 1 N–H and O–H groups in total. The second-order valence-corrected chi connectivity index (χ2v) is 10.0. The molecule has 3 amide bonds. The topological polar surface area (TPSA) is 104 Å². The lowest BCUT2D eigenvalue weighted by molar-refractivity contribution is -0.138. The van der Waals surface area contributed by atoms with Crippen LogP contribution in [0, 0.1) is 6.92 Å². The van der Waals surface area contributed by atoms with Gasteiger partial charge in [0.15, 0.2) is 0 Å². The average Bonchev–Trinajstić information content (AvgIpc) is 2.77. The molecule has 0 radical (unpaired) electrons. The highest BCUT2D eigenvalue weighted by atomic mass is 35.5. The van der Waals surface area contributed by atoms with E-state index in [1.807, 2.05) is 6.92 Å². The summed E-state index contributed by atoms with van der Waals surface area (Å²) in [5, 5.41) is 0.931. The van der Waals surface area contributed by atoms with E-state index in [0.29, 0.717) is 18.1 Å². The summed E-state index contributed by atoms with van der Waals surface area (Å²) in [7, 11) is -4.27. The molecule has 0 saturated carbocycles. The number of sulfone groups is 1. The Labute approximate surface area is 192 Å². The van der Waals surface area contributed by atoms with Gasteiger partial charge in [-0.25, -0.2) is 8.42 Å². The molecule has 0 unspecified atom stereocenters. The number of halogens is 1. The number of hydrogen-bond donors (Lipinski definition) is 1. The maximum absolute atomic E-state index is 13.4. The van der Waals surface area contributed by atoms with E-state index in [9.17, 15) is 22.8 Å². The van der Waals surface area contributed by atoms with Gasteiger partial charge in [0.1, 0.15) is 0 Å². The number of piperazine rings is 1. The van der Waals surface area contributed by atoms with E-state index in [-0.39, 0.29) is 29.5 Å². The van der Waals surface area contributed by atoms with E-state index in [2.05, 4.69) is 5.32 Å². The van der Waals surface area contributed by atoms with Crippen LogP contribution < -0.4 is 5.32 Å². The predicted molar refractivity (Wildman–Crippen MR) is 120 cm³/mol. The second-order valence-electron chi connectivity index (χ2n) is 7.55. The summed E-state index contributed by atoms with van der Waals surface area (Å²) in [5.41, 5.74) is 1.17. The summed E-state index contributed by atoms with van der Waals surface area (Å²) >= 11 is 5.87. The van der Waals surface area contributed by atoms with E-state index in [1.165, 1.54) is 36.1 Å². The van der Waals surface area contributed by atoms with Gasteiger partial charge in [-0.15, -0.1) is 0 Å². The van der Waals surface area contributed by atoms with Crippen molar-refractivity contribution in [1.82, 2.24) is 15.1 Å². The molecular formula is C22H24ClN3O5S. The minimum absolute atomic E-state index is 0.116. The summed E-state index contributed by atoms with van der Waals surface area (Å²) in [5.74, 6) is -1.54. The van der Waals surface area contributed by atoms with Gasteiger partial charge in [0.2, 0.25) is 21.1 Å². The zero-order valence-electron chi connectivity index (χ0n) is 17.7. The zero-order chi connectivity index (χ0) is 23.5. The standard InChI is InChI=1S/C22H24ClN3O5S/c1-15-3-5-17(6-4-15)20(28)24-21(32(30,31)19-9-7-18(23)8-10-19)22(29)26-13-11-25(12-14-26)16(2)27/h3-10,21H,11-14H2,1-2H3,(H,24,28)/t21-/m1/s1. The molecule has 1 saturated heterocycles. The van der Waals surface area contributed by atoms with E-state index in [1.54, 1.807) is 29.2 Å². The predicted octanol–water partition coefficient (Wildman–Crippen LogP) is 1.87. The van der Waals surface area contributed by atoms with Crippen LogP contribution in [0.1, 0.15) is 22.8 Å². The van der Waals surface area contributed by atoms with Crippen LogP contribution in [0.2, 0.25) is 5.02 Å². The van der Waals surface area contributed by atoms with Gasteiger partial charge in [-0.2, -0.15) is 0 Å². The van der Waals surface area contributed by atoms with Crippen LogP contribution in [0.4, 0.5) is 0 Å². The van der Waals surface area contributed by atoms with Crippen LogP contribution >= 0.6 is 11.6 Å². The van der Waals surface area contributed by atoms with Crippen LogP contribution in [0.5, 0.6) is 0 Å². The van der Waals surface area contributed by atoms with Crippen molar-refractivity contribution < 1.29 is 22.8 Å². The van der Waals surface area contributed by atoms with E-state index in [4.69, 9.17) is 11.6 Å². The Morgan fingerprint density at radius 3 is 1.97 bits per heavy atom. The maximum Gasteiger partial charge on any atom is 0.261 e. The van der Waals surface area contributed by atoms with Gasteiger partial charge in [0.05, 0.1) is 4.90 Å². The summed E-state index contributed by atoms with van der Waals surface area (Å²) in [4.78, 5) is 40.5. The van der Waals surface area contributed by atoms with Gasteiger partial charge in [-0.05, 0) is 43.3 Å². The third kappa shape index (κ3) is 5.28. The van der Waals surface area contributed by atoms with E-state index in [0.717, 1.165) is 5.56 Å². The van der Waals surface area contributed by atoms with Crippen molar-refractivity contribution in [2.24, 2.45) is 0 Å². The molecule has 1 aliphatic heterocycles. The molecule has 1 fully saturated rings. The fourth-order valence-electron chi connectivity index (χ4n) is 3.35. The average molecular weight is 478 g/mol. The number of benzene rings is 2. The van der Waals surface area contributed by atoms with Gasteiger partial charge >= 0.3 is 0 Å². The number of rotatable bonds is 5. The molecule has 0 spiro atoms. The Balaban J connectivity index is 1.90. The lowest BCUT2D eigenvalue weighted by Gasteiger charge is -2.36. The molecule has 1 atom stereocenters. The Bertz CT molecular complexity index is 1110. The summed E-state index contributed by atoms with van der Waals surface area (Å²) in [6, 6.07) is 12.0. The minimum atomic E-state index is -4.27. The Kier molecular flexibility index (Phi) is 7.20. The molecule has 8 nitrogen and oxygen atoms in total. The molecule has 0 aliphatic carbocycles. The molecule has 1 aliphatic rings. The molecule has 0 aromatic heterocycles. The second kappa shape index (κ2) is 9.70. The fourth-order valence-corrected chi connectivity index (χ4v) is 4.94. The number of aryl methyl sites for hydroxylation is 1. The summed E-state index contributed by atoms with van der Waals surface area (Å²) in [6.07, 6.45) is 0. The van der Waals surface area contributed by atoms with Crippen LogP contribution in [0.15, 0.2) is 53.4 Å². The normalized spacial score (nSPS) is 15.2. The first-order chi connectivity index (χ1) is 15.1. The number of nitrogens with zero attached hydrogens (tertiary/aromatic N) is 2. The third-order valence-electron chi connectivity index (χ3n) is 5.29. The SMILES string of the molecule is CC(=O)N1CCN(C(=O)[C@H](NC(=O)c2ccc(C)cc2)S(=O)(=O)c2ccc(Cl)cc2)CC1. The van der Waals surface area contributed by atoms with Gasteiger partial charge in [0.25, 0.3) is 11.8 Å². The van der Waals surface area contributed by atoms with Crippen LogP contribution in [-0.2, 0) is 19.4 Å². The molecule has 2 aromatic rings. The monoisotopic (exact) mass is 477 g/mol.